The molecule has 3 rings (SSSR count). The third-order valence-electron chi connectivity index (χ3n) is 4.53. The number of methoxy groups -OCH3 is 2. The van der Waals surface area contributed by atoms with E-state index in [1.165, 1.54) is 32.4 Å². The Bertz CT molecular complexity index is 1090. The summed E-state index contributed by atoms with van der Waals surface area (Å²) in [6.45, 7) is -0.00663. The van der Waals surface area contributed by atoms with E-state index in [9.17, 15) is 14.0 Å². The number of halogens is 1. The van der Waals surface area contributed by atoms with Gasteiger partial charge in [-0.05, 0) is 48.0 Å². The summed E-state index contributed by atoms with van der Waals surface area (Å²) in [6.07, 6.45) is 0. The van der Waals surface area contributed by atoms with Crippen molar-refractivity contribution < 1.29 is 28.2 Å². The average Bonchev–Trinajstić information content (AvgIpc) is 2.82. The molecule has 0 unspecified atom stereocenters. The third kappa shape index (κ3) is 5.98. The molecule has 2 N–H and O–H groups in total. The lowest BCUT2D eigenvalue weighted by molar-refractivity contribution is -0.118. The predicted octanol–water partition coefficient (Wildman–Crippen LogP) is 3.79. The highest BCUT2D eigenvalue weighted by Gasteiger charge is 2.13. The molecular weight excluding hydrogens is 415 g/mol. The Labute approximate surface area is 185 Å². The fourth-order valence-corrected chi connectivity index (χ4v) is 2.89. The Kier molecular flexibility index (Phi) is 7.64. The van der Waals surface area contributed by atoms with Crippen LogP contribution in [0.25, 0.3) is 0 Å². The van der Waals surface area contributed by atoms with Gasteiger partial charge in [0.1, 0.15) is 11.6 Å². The highest BCUT2D eigenvalue weighted by atomic mass is 19.1. The van der Waals surface area contributed by atoms with Gasteiger partial charge in [-0.3, -0.25) is 9.59 Å². The fraction of sp³-hybridized carbons (Fsp3) is 0.167. The topological polar surface area (TPSA) is 85.9 Å². The van der Waals surface area contributed by atoms with E-state index in [0.717, 1.165) is 5.56 Å². The Balaban J connectivity index is 1.58. The van der Waals surface area contributed by atoms with Crippen molar-refractivity contribution in [3.63, 3.8) is 0 Å². The first-order valence-electron chi connectivity index (χ1n) is 9.76. The lowest BCUT2D eigenvalue weighted by Gasteiger charge is -2.13. The first kappa shape index (κ1) is 22.6. The summed E-state index contributed by atoms with van der Waals surface area (Å²) in [5.74, 6) is 0.125. The van der Waals surface area contributed by atoms with Gasteiger partial charge in [0.05, 0.1) is 19.9 Å². The Hall–Kier alpha value is -4.07. The Morgan fingerprint density at radius 1 is 0.875 bits per heavy atom. The molecule has 3 aromatic rings. The highest BCUT2D eigenvalue weighted by Crippen LogP contribution is 2.28. The molecule has 0 aromatic heterocycles. The van der Waals surface area contributed by atoms with Crippen LogP contribution in [-0.2, 0) is 11.3 Å². The van der Waals surface area contributed by atoms with Crippen molar-refractivity contribution in [1.82, 2.24) is 5.32 Å². The van der Waals surface area contributed by atoms with Crippen LogP contribution in [0.2, 0.25) is 0 Å². The molecule has 3 aromatic carbocycles. The van der Waals surface area contributed by atoms with Gasteiger partial charge in [0.15, 0.2) is 18.1 Å². The van der Waals surface area contributed by atoms with Gasteiger partial charge in [-0.25, -0.2) is 4.39 Å². The molecule has 0 fully saturated rings. The maximum Gasteiger partial charge on any atom is 0.262 e. The number of benzene rings is 3. The minimum atomic E-state index is -0.377. The lowest BCUT2D eigenvalue weighted by atomic mass is 10.1. The predicted molar refractivity (Wildman–Crippen MR) is 118 cm³/mol. The van der Waals surface area contributed by atoms with Crippen LogP contribution >= 0.6 is 0 Å². The van der Waals surface area contributed by atoms with Crippen molar-refractivity contribution in [3.05, 3.63) is 83.7 Å². The SMILES string of the molecule is COc1ccccc1NC(=O)COc1ccc(C(=O)NCc2ccc(F)cc2)cc1OC. The normalized spacial score (nSPS) is 10.2. The molecule has 2 amide bonds. The molecule has 0 saturated carbocycles. The zero-order valence-electron chi connectivity index (χ0n) is 17.7. The number of para-hydroxylation sites is 2. The van der Waals surface area contributed by atoms with Crippen molar-refractivity contribution in [3.8, 4) is 17.2 Å². The first-order chi connectivity index (χ1) is 15.5. The van der Waals surface area contributed by atoms with Crippen LogP contribution in [0.5, 0.6) is 17.2 Å². The summed E-state index contributed by atoms with van der Waals surface area (Å²) in [5, 5.41) is 5.48. The van der Waals surface area contributed by atoms with Gasteiger partial charge in [0.25, 0.3) is 11.8 Å². The molecule has 8 heteroatoms. The van der Waals surface area contributed by atoms with Gasteiger partial charge in [0.2, 0.25) is 0 Å². The fourth-order valence-electron chi connectivity index (χ4n) is 2.89. The second kappa shape index (κ2) is 10.8. The van der Waals surface area contributed by atoms with E-state index >= 15 is 0 Å². The van der Waals surface area contributed by atoms with Crippen LogP contribution in [0.4, 0.5) is 10.1 Å². The van der Waals surface area contributed by atoms with Gasteiger partial charge in [-0.1, -0.05) is 24.3 Å². The number of rotatable bonds is 9. The van der Waals surface area contributed by atoms with Crippen LogP contribution in [0, 0.1) is 5.82 Å². The average molecular weight is 438 g/mol. The van der Waals surface area contributed by atoms with Crippen LogP contribution < -0.4 is 24.8 Å². The second-order valence-corrected chi connectivity index (χ2v) is 6.71. The monoisotopic (exact) mass is 438 g/mol. The van der Waals surface area contributed by atoms with Gasteiger partial charge >= 0.3 is 0 Å². The number of nitrogens with one attached hydrogen (secondary N) is 2. The van der Waals surface area contributed by atoms with E-state index in [1.54, 1.807) is 48.5 Å². The number of carbonyl (C=O) groups is 2. The summed E-state index contributed by atoms with van der Waals surface area (Å²) >= 11 is 0. The molecule has 0 heterocycles. The van der Waals surface area contributed by atoms with E-state index in [1.807, 2.05) is 0 Å². The summed E-state index contributed by atoms with van der Waals surface area (Å²) in [6, 6.07) is 17.5. The van der Waals surface area contributed by atoms with Gasteiger partial charge in [-0.2, -0.15) is 0 Å². The Morgan fingerprint density at radius 3 is 2.31 bits per heavy atom. The smallest absolute Gasteiger partial charge is 0.262 e. The van der Waals surface area contributed by atoms with Crippen LogP contribution in [0.1, 0.15) is 15.9 Å². The molecule has 166 valence electrons. The number of hydrogen-bond acceptors (Lipinski definition) is 5. The molecule has 7 nitrogen and oxygen atoms in total. The van der Waals surface area contributed by atoms with Gasteiger partial charge in [0, 0.05) is 12.1 Å². The maximum absolute atomic E-state index is 13.0. The van der Waals surface area contributed by atoms with Crippen molar-refractivity contribution >= 4 is 17.5 Å². The van der Waals surface area contributed by atoms with E-state index in [4.69, 9.17) is 14.2 Å². The summed E-state index contributed by atoms with van der Waals surface area (Å²) < 4.78 is 29.1. The van der Waals surface area contributed by atoms with E-state index in [2.05, 4.69) is 10.6 Å². The van der Waals surface area contributed by atoms with E-state index in [0.29, 0.717) is 28.5 Å². The quantitative estimate of drug-likeness (QED) is 0.531. The summed E-state index contributed by atoms with van der Waals surface area (Å²) in [7, 11) is 2.96. The number of carbonyl (C=O) groups excluding carboxylic acids is 2. The molecule has 0 aliphatic rings. The number of hydrogen-bond donors (Lipinski definition) is 2. The molecule has 0 atom stereocenters. The first-order valence-corrected chi connectivity index (χ1v) is 9.76. The van der Waals surface area contributed by atoms with E-state index < -0.39 is 0 Å². The standard InChI is InChI=1S/C24H23FN2O5/c1-30-20-6-4-3-5-19(20)27-23(28)15-32-21-12-9-17(13-22(21)31-2)24(29)26-14-16-7-10-18(25)11-8-16/h3-13H,14-15H2,1-2H3,(H,26,29)(H,27,28). The molecule has 0 spiro atoms. The lowest BCUT2D eigenvalue weighted by Crippen LogP contribution is -2.23. The van der Waals surface area contributed by atoms with Crippen molar-refractivity contribution in [2.24, 2.45) is 0 Å². The number of anilines is 1. The molecule has 0 aliphatic carbocycles. The van der Waals surface area contributed by atoms with Crippen LogP contribution in [-0.4, -0.2) is 32.6 Å². The zero-order valence-corrected chi connectivity index (χ0v) is 17.7. The summed E-state index contributed by atoms with van der Waals surface area (Å²) in [4.78, 5) is 24.7. The minimum Gasteiger partial charge on any atom is -0.495 e. The minimum absolute atomic E-state index is 0.253. The number of amides is 2. The van der Waals surface area contributed by atoms with Gasteiger partial charge in [-0.15, -0.1) is 0 Å². The molecule has 0 radical (unpaired) electrons. The third-order valence-corrected chi connectivity index (χ3v) is 4.53. The second-order valence-electron chi connectivity index (χ2n) is 6.71. The molecule has 0 aliphatic heterocycles. The van der Waals surface area contributed by atoms with Crippen molar-refractivity contribution in [2.45, 2.75) is 6.54 Å². The zero-order chi connectivity index (χ0) is 22.9. The van der Waals surface area contributed by atoms with Crippen LogP contribution in [0.3, 0.4) is 0 Å². The van der Waals surface area contributed by atoms with Crippen molar-refractivity contribution in [2.75, 3.05) is 26.1 Å². The Morgan fingerprint density at radius 2 is 1.59 bits per heavy atom. The van der Waals surface area contributed by atoms with Crippen LogP contribution in [0.15, 0.2) is 66.7 Å². The summed E-state index contributed by atoms with van der Waals surface area (Å²) in [5.41, 5.74) is 1.66. The highest BCUT2D eigenvalue weighted by molar-refractivity contribution is 5.95. The maximum atomic E-state index is 13.0. The van der Waals surface area contributed by atoms with E-state index in [-0.39, 0.29) is 30.8 Å². The largest absolute Gasteiger partial charge is 0.495 e. The van der Waals surface area contributed by atoms with Crippen molar-refractivity contribution in [1.29, 1.82) is 0 Å². The number of ether oxygens (including phenoxy) is 3. The molecular formula is C24H23FN2O5. The molecule has 0 bridgehead atoms. The molecule has 32 heavy (non-hydrogen) atoms. The molecule has 0 saturated heterocycles. The van der Waals surface area contributed by atoms with Gasteiger partial charge < -0.3 is 24.8 Å².